The molecule has 11 heteroatoms. The minimum Gasteiger partial charge on any atom is -0.376 e. The molecule has 37 heavy (non-hydrogen) atoms. The Labute approximate surface area is 216 Å². The highest BCUT2D eigenvalue weighted by molar-refractivity contribution is 6.04. The summed E-state index contributed by atoms with van der Waals surface area (Å²) in [5.74, 6) is -0.297. The second-order valence-electron chi connectivity index (χ2n) is 9.62. The van der Waals surface area contributed by atoms with Crippen molar-refractivity contribution in [1.82, 2.24) is 20.2 Å². The number of amides is 4. The van der Waals surface area contributed by atoms with Crippen LogP contribution in [0.25, 0.3) is 0 Å². The number of fused-ring (bicyclic) bond motifs is 2. The molecule has 1 aromatic heterocycles. The standard InChI is InChI=1S/C26H35FN6O4/c1-28-23(34)7-4-8-24(35)30-17-9-12-21(29-15-17)25-20-11-10-18(37-14-13-27)5-3-6-19(20)22-16-32(2)26(36)33(22)31-25/h9,12,15,18,20H,3-8,10-11,13-14,16H2,1-2H3,(H,28,34)(H,30,35)/i27-1. The molecule has 1 aromatic rings. The largest absolute Gasteiger partial charge is 0.376 e. The molecule has 10 nitrogen and oxygen atoms in total. The lowest BCUT2D eigenvalue weighted by Gasteiger charge is -2.33. The number of allylic oxidation sites excluding steroid dienone is 1. The van der Waals surface area contributed by atoms with Gasteiger partial charge in [-0.25, -0.2) is 9.18 Å². The van der Waals surface area contributed by atoms with Crippen molar-refractivity contribution in [2.45, 2.75) is 57.5 Å². The molecular formula is C26H35FN6O4. The van der Waals surface area contributed by atoms with Gasteiger partial charge < -0.3 is 20.3 Å². The summed E-state index contributed by atoms with van der Waals surface area (Å²) in [6.07, 6.45) is 6.68. The number of anilines is 1. The minimum atomic E-state index is -0.494. The first kappa shape index (κ1) is 26.7. The number of likely N-dealkylation sites (N-methyl/N-ethyl adjacent to an activating group) is 1. The lowest BCUT2D eigenvalue weighted by molar-refractivity contribution is -0.120. The molecule has 1 saturated carbocycles. The number of halogens is 1. The molecule has 1 aliphatic carbocycles. The molecular weight excluding hydrogens is 478 g/mol. The highest BCUT2D eigenvalue weighted by Crippen LogP contribution is 2.39. The summed E-state index contributed by atoms with van der Waals surface area (Å²) in [6, 6.07) is 3.42. The van der Waals surface area contributed by atoms with Gasteiger partial charge in [0, 0.05) is 32.9 Å². The molecule has 1 saturated heterocycles. The third-order valence-corrected chi connectivity index (χ3v) is 7.06. The number of nitrogens with one attached hydrogen (secondary N) is 2. The molecule has 3 aliphatic rings. The minimum absolute atomic E-state index is 0.00316. The zero-order valence-corrected chi connectivity index (χ0v) is 21.5. The van der Waals surface area contributed by atoms with Gasteiger partial charge in [-0.3, -0.25) is 14.6 Å². The average molecular weight is 514 g/mol. The molecule has 200 valence electrons. The Morgan fingerprint density at radius 2 is 2.00 bits per heavy atom. The molecule has 2 N–H and O–H groups in total. The highest BCUT2D eigenvalue weighted by Gasteiger charge is 2.41. The molecule has 0 spiro atoms. The summed E-state index contributed by atoms with van der Waals surface area (Å²) >= 11 is 0. The number of urea groups is 1. The third kappa shape index (κ3) is 6.33. The van der Waals surface area contributed by atoms with Crippen molar-refractivity contribution in [2.24, 2.45) is 11.0 Å². The average Bonchev–Trinajstić information content (AvgIpc) is 3.16. The number of nitrogens with zero attached hydrogens (tertiary/aromatic N) is 4. The maximum absolute atomic E-state index is 12.8. The number of hydrogen-bond donors (Lipinski definition) is 2. The molecule has 2 atom stereocenters. The number of ether oxygens (including phenoxy) is 1. The van der Waals surface area contributed by atoms with Crippen LogP contribution >= 0.6 is 0 Å². The second kappa shape index (κ2) is 12.3. The Balaban J connectivity index is 1.51. The van der Waals surface area contributed by atoms with Crippen LogP contribution < -0.4 is 10.6 Å². The Hall–Kier alpha value is -3.34. The molecule has 4 amide bonds. The van der Waals surface area contributed by atoms with Crippen LogP contribution in [-0.4, -0.2) is 78.5 Å². The fourth-order valence-corrected chi connectivity index (χ4v) is 5.15. The van der Waals surface area contributed by atoms with Crippen molar-refractivity contribution in [3.8, 4) is 0 Å². The molecule has 0 aromatic carbocycles. The van der Waals surface area contributed by atoms with E-state index >= 15 is 0 Å². The van der Waals surface area contributed by atoms with Crippen molar-refractivity contribution in [3.63, 3.8) is 0 Å². The SMILES string of the molecule is CNC(=O)CCCC(=O)Nc1ccc(C2=NN3C(=O)N(C)CC3=C3CCCC(OCC[18F])CCC23)nc1. The van der Waals surface area contributed by atoms with Gasteiger partial charge in [0.05, 0.1) is 48.2 Å². The summed E-state index contributed by atoms with van der Waals surface area (Å²) in [5, 5.41) is 11.6. The lowest BCUT2D eigenvalue weighted by atomic mass is 9.79. The van der Waals surface area contributed by atoms with Crippen LogP contribution in [-0.2, 0) is 14.3 Å². The molecule has 0 bridgehead atoms. The van der Waals surface area contributed by atoms with E-state index in [0.717, 1.165) is 43.5 Å². The smallest absolute Gasteiger partial charge is 0.345 e. The predicted molar refractivity (Wildman–Crippen MR) is 137 cm³/mol. The quantitative estimate of drug-likeness (QED) is 0.526. The van der Waals surface area contributed by atoms with E-state index in [-0.39, 0.29) is 42.9 Å². The highest BCUT2D eigenvalue weighted by atomic mass is 18.2. The first-order chi connectivity index (χ1) is 17.9. The number of hydrogen-bond acceptors (Lipinski definition) is 6. The molecule has 2 unspecified atom stereocenters. The van der Waals surface area contributed by atoms with Gasteiger partial charge in [-0.1, -0.05) is 0 Å². The number of carbonyl (C=O) groups excluding carboxylic acids is 3. The number of carbonyl (C=O) groups is 3. The first-order valence-electron chi connectivity index (χ1n) is 12.9. The monoisotopic (exact) mass is 513 g/mol. The van der Waals surface area contributed by atoms with Crippen LogP contribution in [0.15, 0.2) is 34.7 Å². The van der Waals surface area contributed by atoms with Crippen molar-refractivity contribution in [1.29, 1.82) is 0 Å². The second-order valence-corrected chi connectivity index (χ2v) is 9.62. The molecule has 4 rings (SSSR count). The topological polar surface area (TPSA) is 116 Å². The number of aromatic nitrogens is 1. The third-order valence-electron chi connectivity index (χ3n) is 7.06. The summed E-state index contributed by atoms with van der Waals surface area (Å²) in [5.41, 5.74) is 4.07. The van der Waals surface area contributed by atoms with Gasteiger partial charge >= 0.3 is 6.03 Å². The fraction of sp³-hybridized carbons (Fsp3) is 0.577. The van der Waals surface area contributed by atoms with Crippen LogP contribution in [0.5, 0.6) is 0 Å². The van der Waals surface area contributed by atoms with Gasteiger partial charge in [-0.05, 0) is 56.2 Å². The lowest BCUT2D eigenvalue weighted by Crippen LogP contribution is -2.35. The van der Waals surface area contributed by atoms with E-state index in [9.17, 15) is 18.8 Å². The fourth-order valence-electron chi connectivity index (χ4n) is 5.15. The van der Waals surface area contributed by atoms with Crippen molar-refractivity contribution >= 4 is 29.2 Å². The number of hydrazone groups is 1. The van der Waals surface area contributed by atoms with Gasteiger partial charge in [0.2, 0.25) is 11.8 Å². The van der Waals surface area contributed by atoms with Crippen LogP contribution in [0.2, 0.25) is 0 Å². The van der Waals surface area contributed by atoms with Gasteiger partial charge in [0.1, 0.15) is 6.67 Å². The van der Waals surface area contributed by atoms with Crippen molar-refractivity contribution < 1.29 is 23.5 Å². The van der Waals surface area contributed by atoms with Crippen LogP contribution in [0.3, 0.4) is 0 Å². The maximum atomic E-state index is 12.8. The maximum Gasteiger partial charge on any atom is 0.345 e. The summed E-state index contributed by atoms with van der Waals surface area (Å²) in [6.45, 7) is 0.144. The van der Waals surface area contributed by atoms with E-state index < -0.39 is 6.67 Å². The van der Waals surface area contributed by atoms with E-state index in [2.05, 4.69) is 15.6 Å². The van der Waals surface area contributed by atoms with Gasteiger partial charge in [-0.2, -0.15) is 10.1 Å². The van der Waals surface area contributed by atoms with Crippen LogP contribution in [0.1, 0.15) is 57.1 Å². The van der Waals surface area contributed by atoms with Crippen LogP contribution in [0, 0.1) is 5.92 Å². The predicted octanol–water partition coefficient (Wildman–Crippen LogP) is 3.21. The normalized spacial score (nSPS) is 21.6. The van der Waals surface area contributed by atoms with E-state index in [0.29, 0.717) is 30.8 Å². The Morgan fingerprint density at radius 1 is 1.19 bits per heavy atom. The van der Waals surface area contributed by atoms with E-state index in [4.69, 9.17) is 9.84 Å². The van der Waals surface area contributed by atoms with E-state index in [1.807, 2.05) is 6.07 Å². The molecule has 2 aliphatic heterocycles. The van der Waals surface area contributed by atoms with Crippen molar-refractivity contribution in [2.75, 3.05) is 39.2 Å². The number of alkyl halides is 1. The summed E-state index contributed by atoms with van der Waals surface area (Å²) in [7, 11) is 3.34. The summed E-state index contributed by atoms with van der Waals surface area (Å²) in [4.78, 5) is 42.6. The number of rotatable bonds is 9. The van der Waals surface area contributed by atoms with Gasteiger partial charge in [0.25, 0.3) is 0 Å². The molecule has 0 radical (unpaired) electrons. The number of pyridine rings is 1. The Morgan fingerprint density at radius 3 is 2.73 bits per heavy atom. The van der Waals surface area contributed by atoms with Gasteiger partial charge in [0.15, 0.2) is 0 Å². The Kier molecular flexibility index (Phi) is 8.86. The molecule has 3 heterocycles. The zero-order chi connectivity index (χ0) is 26.4. The van der Waals surface area contributed by atoms with Gasteiger partial charge in [-0.15, -0.1) is 0 Å². The van der Waals surface area contributed by atoms with E-state index in [1.165, 1.54) is 10.6 Å². The zero-order valence-electron chi connectivity index (χ0n) is 21.5. The molecule has 2 fully saturated rings. The van der Waals surface area contributed by atoms with E-state index in [1.54, 1.807) is 31.3 Å². The van der Waals surface area contributed by atoms with Crippen LogP contribution in [0.4, 0.5) is 14.9 Å². The van der Waals surface area contributed by atoms with Crippen molar-refractivity contribution in [3.05, 3.63) is 35.3 Å². The summed E-state index contributed by atoms with van der Waals surface area (Å²) < 4.78 is 18.4. The first-order valence-corrected chi connectivity index (χ1v) is 12.9. The Bertz CT molecular complexity index is 1070.